The van der Waals surface area contributed by atoms with E-state index in [1.807, 2.05) is 42.9 Å². The van der Waals surface area contributed by atoms with Gasteiger partial charge in [0.15, 0.2) is 0 Å². The van der Waals surface area contributed by atoms with Crippen molar-refractivity contribution in [2.75, 3.05) is 25.0 Å². The van der Waals surface area contributed by atoms with Gasteiger partial charge in [0.1, 0.15) is 0 Å². The third-order valence-electron chi connectivity index (χ3n) is 4.97. The molecule has 4 heterocycles. The summed E-state index contributed by atoms with van der Waals surface area (Å²) in [7, 11) is 0. The van der Waals surface area contributed by atoms with Crippen LogP contribution in [0, 0.1) is 0 Å². The van der Waals surface area contributed by atoms with Gasteiger partial charge in [-0.3, -0.25) is 14.9 Å². The van der Waals surface area contributed by atoms with Crippen LogP contribution in [0.15, 0.2) is 61.3 Å². The molecule has 0 aliphatic carbocycles. The van der Waals surface area contributed by atoms with E-state index >= 15 is 0 Å². The summed E-state index contributed by atoms with van der Waals surface area (Å²) in [6.45, 7) is 3.00. The summed E-state index contributed by atoms with van der Waals surface area (Å²) >= 11 is 0. The molecule has 3 aromatic heterocycles. The largest absolute Gasteiger partial charge is 0.352 e. The topological polar surface area (TPSA) is 66.8 Å². The second-order valence-corrected chi connectivity index (χ2v) is 6.79. The summed E-state index contributed by atoms with van der Waals surface area (Å²) in [5.41, 5.74) is 3.09. The molecular formula is C21H24N6. The third-order valence-corrected chi connectivity index (χ3v) is 4.97. The zero-order valence-electron chi connectivity index (χ0n) is 15.3. The van der Waals surface area contributed by atoms with E-state index in [-0.39, 0.29) is 6.04 Å². The van der Waals surface area contributed by atoms with Crippen molar-refractivity contribution in [3.05, 3.63) is 66.9 Å². The van der Waals surface area contributed by atoms with E-state index in [9.17, 15) is 0 Å². The molecule has 1 aliphatic rings. The number of piperidine rings is 1. The SMILES string of the molecule is c1cncc(-c2ccnc(NC[C@H](c3cccnc3)N3CCCCC3)n2)c1. The molecule has 0 amide bonds. The average Bonchev–Trinajstić information content (AvgIpc) is 2.76. The standard InChI is InChI=1S/C21H24N6/c1-2-12-27(13-3-1)20(18-7-5-10-23-15-18)16-25-21-24-11-8-19(26-21)17-6-4-9-22-14-17/h4-11,14-15,20H,1-3,12-13,16H2,(H,24,25,26)/t20-/m1/s1. The van der Waals surface area contributed by atoms with E-state index in [1.54, 1.807) is 12.4 Å². The van der Waals surface area contributed by atoms with E-state index in [1.165, 1.54) is 24.8 Å². The van der Waals surface area contributed by atoms with Crippen molar-refractivity contribution >= 4 is 5.95 Å². The van der Waals surface area contributed by atoms with Crippen LogP contribution < -0.4 is 5.32 Å². The Morgan fingerprint density at radius 2 is 1.74 bits per heavy atom. The van der Waals surface area contributed by atoms with Crippen LogP contribution in [0.25, 0.3) is 11.3 Å². The van der Waals surface area contributed by atoms with Crippen molar-refractivity contribution < 1.29 is 0 Å². The first-order chi connectivity index (χ1) is 13.4. The van der Waals surface area contributed by atoms with Crippen LogP contribution in [0.5, 0.6) is 0 Å². The summed E-state index contributed by atoms with van der Waals surface area (Å²) in [4.78, 5) is 20.1. The molecule has 27 heavy (non-hydrogen) atoms. The highest BCUT2D eigenvalue weighted by Crippen LogP contribution is 2.24. The molecule has 0 aromatic carbocycles. The molecule has 6 nitrogen and oxygen atoms in total. The van der Waals surface area contributed by atoms with Crippen LogP contribution in [0.3, 0.4) is 0 Å². The summed E-state index contributed by atoms with van der Waals surface area (Å²) in [6.07, 6.45) is 13.0. The maximum absolute atomic E-state index is 4.66. The van der Waals surface area contributed by atoms with Crippen LogP contribution in [-0.2, 0) is 0 Å². The Balaban J connectivity index is 1.51. The first-order valence-electron chi connectivity index (χ1n) is 9.51. The van der Waals surface area contributed by atoms with Gasteiger partial charge in [0.2, 0.25) is 5.95 Å². The molecule has 1 saturated heterocycles. The van der Waals surface area contributed by atoms with Gasteiger partial charge < -0.3 is 5.32 Å². The van der Waals surface area contributed by atoms with Gasteiger partial charge in [-0.15, -0.1) is 0 Å². The Hall–Kier alpha value is -2.86. The lowest BCUT2D eigenvalue weighted by Gasteiger charge is -2.34. The monoisotopic (exact) mass is 360 g/mol. The Kier molecular flexibility index (Phi) is 5.64. The van der Waals surface area contributed by atoms with E-state index in [4.69, 9.17) is 0 Å². The average molecular weight is 360 g/mol. The Bertz CT molecular complexity index is 834. The van der Waals surface area contributed by atoms with Crippen molar-refractivity contribution in [2.24, 2.45) is 0 Å². The highest BCUT2D eigenvalue weighted by atomic mass is 15.2. The highest BCUT2D eigenvalue weighted by Gasteiger charge is 2.22. The Labute approximate surface area is 159 Å². The highest BCUT2D eigenvalue weighted by molar-refractivity contribution is 5.58. The van der Waals surface area contributed by atoms with Gasteiger partial charge in [0, 0.05) is 43.1 Å². The van der Waals surface area contributed by atoms with Gasteiger partial charge in [0.25, 0.3) is 0 Å². The summed E-state index contributed by atoms with van der Waals surface area (Å²) < 4.78 is 0. The van der Waals surface area contributed by atoms with Crippen LogP contribution in [-0.4, -0.2) is 44.5 Å². The molecule has 0 saturated carbocycles. The molecule has 0 radical (unpaired) electrons. The predicted octanol–water partition coefficient (Wildman–Crippen LogP) is 3.57. The van der Waals surface area contributed by atoms with Gasteiger partial charge in [-0.25, -0.2) is 9.97 Å². The maximum Gasteiger partial charge on any atom is 0.223 e. The lowest BCUT2D eigenvalue weighted by molar-refractivity contribution is 0.170. The van der Waals surface area contributed by atoms with Crippen LogP contribution in [0.2, 0.25) is 0 Å². The fourth-order valence-electron chi connectivity index (χ4n) is 3.57. The Morgan fingerprint density at radius 1 is 0.926 bits per heavy atom. The number of aromatic nitrogens is 4. The zero-order valence-corrected chi connectivity index (χ0v) is 15.3. The number of rotatable bonds is 6. The molecule has 0 unspecified atom stereocenters. The third kappa shape index (κ3) is 4.46. The fourth-order valence-corrected chi connectivity index (χ4v) is 3.57. The second-order valence-electron chi connectivity index (χ2n) is 6.79. The number of likely N-dealkylation sites (tertiary alicyclic amines) is 1. The first-order valence-corrected chi connectivity index (χ1v) is 9.51. The number of nitrogens with zero attached hydrogens (tertiary/aromatic N) is 5. The number of hydrogen-bond acceptors (Lipinski definition) is 6. The van der Waals surface area contributed by atoms with Crippen molar-refractivity contribution in [3.8, 4) is 11.3 Å². The number of anilines is 1. The minimum atomic E-state index is 0.268. The summed E-state index contributed by atoms with van der Waals surface area (Å²) in [5, 5.41) is 3.44. The molecule has 0 spiro atoms. The van der Waals surface area contributed by atoms with E-state index < -0.39 is 0 Å². The summed E-state index contributed by atoms with van der Waals surface area (Å²) in [5.74, 6) is 0.641. The zero-order chi connectivity index (χ0) is 18.3. The maximum atomic E-state index is 4.66. The van der Waals surface area contributed by atoms with E-state index in [2.05, 4.69) is 36.2 Å². The van der Waals surface area contributed by atoms with Gasteiger partial charge in [-0.05, 0) is 55.8 Å². The number of pyridine rings is 2. The van der Waals surface area contributed by atoms with Crippen LogP contribution >= 0.6 is 0 Å². The molecule has 0 bridgehead atoms. The second kappa shape index (κ2) is 8.68. The van der Waals surface area contributed by atoms with E-state index in [0.717, 1.165) is 30.9 Å². The van der Waals surface area contributed by atoms with Crippen molar-refractivity contribution in [1.29, 1.82) is 0 Å². The lowest BCUT2D eigenvalue weighted by atomic mass is 10.0. The minimum absolute atomic E-state index is 0.268. The van der Waals surface area contributed by atoms with Crippen LogP contribution in [0.4, 0.5) is 5.95 Å². The lowest BCUT2D eigenvalue weighted by Crippen LogP contribution is -2.37. The smallest absolute Gasteiger partial charge is 0.223 e. The minimum Gasteiger partial charge on any atom is -0.352 e. The van der Waals surface area contributed by atoms with Gasteiger partial charge in [-0.1, -0.05) is 12.5 Å². The molecule has 4 rings (SSSR count). The molecule has 1 atom stereocenters. The molecule has 1 N–H and O–H groups in total. The molecule has 1 aliphatic heterocycles. The molecule has 6 heteroatoms. The number of hydrogen-bond donors (Lipinski definition) is 1. The van der Waals surface area contributed by atoms with Gasteiger partial charge >= 0.3 is 0 Å². The quantitative estimate of drug-likeness (QED) is 0.725. The van der Waals surface area contributed by atoms with Gasteiger partial charge in [-0.2, -0.15) is 0 Å². The predicted molar refractivity (Wildman–Crippen MR) is 106 cm³/mol. The van der Waals surface area contributed by atoms with E-state index in [0.29, 0.717) is 5.95 Å². The molecule has 138 valence electrons. The van der Waals surface area contributed by atoms with Gasteiger partial charge in [0.05, 0.1) is 11.7 Å². The first kappa shape index (κ1) is 17.5. The summed E-state index contributed by atoms with van der Waals surface area (Å²) in [6, 6.07) is 10.3. The fraction of sp³-hybridized carbons (Fsp3) is 0.333. The normalized spacial score (nSPS) is 16.0. The van der Waals surface area contributed by atoms with Crippen molar-refractivity contribution in [2.45, 2.75) is 25.3 Å². The molecular weight excluding hydrogens is 336 g/mol. The Morgan fingerprint density at radius 3 is 2.48 bits per heavy atom. The van der Waals surface area contributed by atoms with Crippen molar-refractivity contribution in [3.63, 3.8) is 0 Å². The molecule has 1 fully saturated rings. The van der Waals surface area contributed by atoms with Crippen molar-refractivity contribution in [1.82, 2.24) is 24.8 Å². The molecule has 3 aromatic rings. The number of nitrogens with one attached hydrogen (secondary N) is 1. The van der Waals surface area contributed by atoms with Crippen LogP contribution in [0.1, 0.15) is 30.9 Å².